The van der Waals surface area contributed by atoms with Crippen LogP contribution >= 0.6 is 22.9 Å². The highest BCUT2D eigenvalue weighted by atomic mass is 35.5. The summed E-state index contributed by atoms with van der Waals surface area (Å²) in [6.45, 7) is 3.42. The van der Waals surface area contributed by atoms with Crippen LogP contribution < -0.4 is 5.32 Å². The Balaban J connectivity index is 1.97. The SMILES string of the molecule is CCCC(O)CNCc1sc2ccccc2c1Cl. The molecule has 2 N–H and O–H groups in total. The van der Waals surface area contributed by atoms with E-state index in [-0.39, 0.29) is 6.10 Å². The lowest BCUT2D eigenvalue weighted by molar-refractivity contribution is 0.160. The molecule has 0 aliphatic rings. The molecule has 1 aromatic heterocycles. The number of aliphatic hydroxyl groups excluding tert-OH is 1. The Morgan fingerprint density at radius 1 is 1.39 bits per heavy atom. The second-order valence-electron chi connectivity index (χ2n) is 4.41. The van der Waals surface area contributed by atoms with Gasteiger partial charge in [0.1, 0.15) is 0 Å². The Hall–Kier alpha value is -0.610. The molecular weight excluding hydrogens is 266 g/mol. The van der Waals surface area contributed by atoms with Gasteiger partial charge in [-0.1, -0.05) is 43.1 Å². The predicted molar refractivity (Wildman–Crippen MR) is 79.5 cm³/mol. The summed E-state index contributed by atoms with van der Waals surface area (Å²) in [6, 6.07) is 8.16. The minimum Gasteiger partial charge on any atom is -0.392 e. The zero-order chi connectivity index (χ0) is 13.0. The summed E-state index contributed by atoms with van der Waals surface area (Å²) < 4.78 is 1.22. The number of nitrogens with one attached hydrogen (secondary N) is 1. The number of rotatable bonds is 6. The monoisotopic (exact) mass is 283 g/mol. The van der Waals surface area contributed by atoms with Gasteiger partial charge in [0.05, 0.1) is 11.1 Å². The van der Waals surface area contributed by atoms with E-state index in [0.717, 1.165) is 34.7 Å². The smallest absolute Gasteiger partial charge is 0.0664 e. The van der Waals surface area contributed by atoms with Crippen LogP contribution in [0.15, 0.2) is 24.3 Å². The molecule has 4 heteroatoms. The number of hydrogen-bond acceptors (Lipinski definition) is 3. The van der Waals surface area contributed by atoms with Crippen molar-refractivity contribution in [2.75, 3.05) is 6.54 Å². The first-order valence-electron chi connectivity index (χ1n) is 6.27. The lowest BCUT2D eigenvalue weighted by Crippen LogP contribution is -2.25. The van der Waals surface area contributed by atoms with Gasteiger partial charge in [0.2, 0.25) is 0 Å². The third kappa shape index (κ3) is 3.23. The third-order valence-corrected chi connectivity index (χ3v) is 4.60. The number of hydrogen-bond donors (Lipinski definition) is 2. The van der Waals surface area contributed by atoms with Crippen molar-refractivity contribution in [1.29, 1.82) is 0 Å². The molecule has 0 saturated heterocycles. The maximum atomic E-state index is 9.64. The molecule has 1 aromatic carbocycles. The molecule has 1 unspecified atom stereocenters. The molecule has 2 aromatic rings. The highest BCUT2D eigenvalue weighted by molar-refractivity contribution is 7.19. The van der Waals surface area contributed by atoms with Crippen molar-refractivity contribution in [3.05, 3.63) is 34.2 Å². The highest BCUT2D eigenvalue weighted by Crippen LogP contribution is 2.34. The van der Waals surface area contributed by atoms with E-state index in [2.05, 4.69) is 18.3 Å². The summed E-state index contributed by atoms with van der Waals surface area (Å²) in [5.74, 6) is 0. The van der Waals surface area contributed by atoms with E-state index in [1.54, 1.807) is 11.3 Å². The number of benzene rings is 1. The van der Waals surface area contributed by atoms with Crippen molar-refractivity contribution in [3.63, 3.8) is 0 Å². The van der Waals surface area contributed by atoms with Crippen LogP contribution in [0.4, 0.5) is 0 Å². The van der Waals surface area contributed by atoms with E-state index in [1.165, 1.54) is 4.70 Å². The Morgan fingerprint density at radius 3 is 2.89 bits per heavy atom. The molecule has 0 aliphatic carbocycles. The van der Waals surface area contributed by atoms with Gasteiger partial charge in [0, 0.05) is 28.1 Å². The summed E-state index contributed by atoms with van der Waals surface area (Å²) in [6.07, 6.45) is 1.59. The van der Waals surface area contributed by atoms with E-state index < -0.39 is 0 Å². The van der Waals surface area contributed by atoms with Gasteiger partial charge >= 0.3 is 0 Å². The minimum atomic E-state index is -0.261. The fourth-order valence-corrected chi connectivity index (χ4v) is 3.44. The molecule has 98 valence electrons. The molecule has 0 bridgehead atoms. The zero-order valence-corrected chi connectivity index (χ0v) is 12.0. The van der Waals surface area contributed by atoms with E-state index >= 15 is 0 Å². The van der Waals surface area contributed by atoms with Crippen LogP contribution in [-0.2, 0) is 6.54 Å². The van der Waals surface area contributed by atoms with Gasteiger partial charge in [-0.2, -0.15) is 0 Å². The van der Waals surface area contributed by atoms with Crippen molar-refractivity contribution >= 4 is 33.0 Å². The molecule has 0 saturated carbocycles. The van der Waals surface area contributed by atoms with Crippen molar-refractivity contribution in [2.45, 2.75) is 32.4 Å². The minimum absolute atomic E-state index is 0.261. The van der Waals surface area contributed by atoms with Gasteiger partial charge in [-0.25, -0.2) is 0 Å². The van der Waals surface area contributed by atoms with Gasteiger partial charge in [-0.3, -0.25) is 0 Å². The molecule has 0 fully saturated rings. The zero-order valence-electron chi connectivity index (χ0n) is 10.4. The highest BCUT2D eigenvalue weighted by Gasteiger charge is 2.10. The fraction of sp³-hybridized carbons (Fsp3) is 0.429. The van der Waals surface area contributed by atoms with Crippen molar-refractivity contribution in [1.82, 2.24) is 5.32 Å². The van der Waals surface area contributed by atoms with Gasteiger partial charge in [-0.05, 0) is 12.5 Å². The Bertz CT molecular complexity index is 511. The quantitative estimate of drug-likeness (QED) is 0.845. The second-order valence-corrected chi connectivity index (χ2v) is 5.92. The first-order chi connectivity index (χ1) is 8.72. The van der Waals surface area contributed by atoms with Crippen molar-refractivity contribution in [2.24, 2.45) is 0 Å². The average molecular weight is 284 g/mol. The average Bonchev–Trinajstić information content (AvgIpc) is 2.68. The molecule has 0 amide bonds. The molecule has 2 rings (SSSR count). The van der Waals surface area contributed by atoms with Gasteiger partial charge < -0.3 is 10.4 Å². The maximum absolute atomic E-state index is 9.64. The Labute approximate surface area is 117 Å². The molecular formula is C14H18ClNOS. The maximum Gasteiger partial charge on any atom is 0.0664 e. The van der Waals surface area contributed by atoms with Crippen LogP contribution in [0.25, 0.3) is 10.1 Å². The first kappa shape index (κ1) is 13.8. The Morgan fingerprint density at radius 2 is 2.17 bits per heavy atom. The van der Waals surface area contributed by atoms with Gasteiger partial charge in [-0.15, -0.1) is 11.3 Å². The molecule has 1 atom stereocenters. The van der Waals surface area contributed by atoms with Crippen LogP contribution in [0.2, 0.25) is 5.02 Å². The topological polar surface area (TPSA) is 32.3 Å². The van der Waals surface area contributed by atoms with Crippen LogP contribution in [-0.4, -0.2) is 17.8 Å². The number of fused-ring (bicyclic) bond motifs is 1. The van der Waals surface area contributed by atoms with Crippen LogP contribution in [0.1, 0.15) is 24.6 Å². The lowest BCUT2D eigenvalue weighted by atomic mass is 10.2. The van der Waals surface area contributed by atoms with Gasteiger partial charge in [0.25, 0.3) is 0 Å². The van der Waals surface area contributed by atoms with Gasteiger partial charge in [0.15, 0.2) is 0 Å². The number of halogens is 1. The number of thiophene rings is 1. The van der Waals surface area contributed by atoms with Crippen LogP contribution in [0.5, 0.6) is 0 Å². The summed E-state index contributed by atoms with van der Waals surface area (Å²) in [7, 11) is 0. The van der Waals surface area contributed by atoms with E-state index in [0.29, 0.717) is 6.54 Å². The summed E-state index contributed by atoms with van der Waals surface area (Å²) in [5, 5.41) is 14.9. The first-order valence-corrected chi connectivity index (χ1v) is 7.46. The molecule has 0 aliphatic heterocycles. The summed E-state index contributed by atoms with van der Waals surface area (Å²) in [4.78, 5) is 1.14. The second kappa shape index (κ2) is 6.53. The van der Waals surface area contributed by atoms with E-state index in [4.69, 9.17) is 11.6 Å². The molecule has 2 nitrogen and oxygen atoms in total. The van der Waals surface area contributed by atoms with Crippen molar-refractivity contribution in [3.8, 4) is 0 Å². The number of aliphatic hydroxyl groups is 1. The Kier molecular flexibility index (Phi) is 5.01. The van der Waals surface area contributed by atoms with Crippen LogP contribution in [0.3, 0.4) is 0 Å². The lowest BCUT2D eigenvalue weighted by Gasteiger charge is -2.09. The summed E-state index contributed by atoms with van der Waals surface area (Å²) in [5.41, 5.74) is 0. The molecule has 0 radical (unpaired) electrons. The van der Waals surface area contributed by atoms with E-state index in [9.17, 15) is 5.11 Å². The predicted octanol–water partition coefficient (Wildman–Crippen LogP) is 3.81. The fourth-order valence-electron chi connectivity index (χ4n) is 1.97. The van der Waals surface area contributed by atoms with E-state index in [1.807, 2.05) is 18.2 Å². The molecule has 18 heavy (non-hydrogen) atoms. The van der Waals surface area contributed by atoms with Crippen molar-refractivity contribution < 1.29 is 5.11 Å². The van der Waals surface area contributed by atoms with Crippen LogP contribution in [0, 0.1) is 0 Å². The normalized spacial score (nSPS) is 13.1. The molecule has 1 heterocycles. The summed E-state index contributed by atoms with van der Waals surface area (Å²) >= 11 is 8.05. The largest absolute Gasteiger partial charge is 0.392 e. The molecule has 0 spiro atoms. The standard InChI is InChI=1S/C14H18ClNOS/c1-2-5-10(17)8-16-9-13-14(15)11-6-3-4-7-12(11)18-13/h3-4,6-7,10,16-17H,2,5,8-9H2,1H3. The third-order valence-electron chi connectivity index (χ3n) is 2.89.